The normalized spacial score (nSPS) is 23.8. The summed E-state index contributed by atoms with van der Waals surface area (Å²) >= 11 is 0. The van der Waals surface area contributed by atoms with Crippen molar-refractivity contribution >= 4 is 8.07 Å². The lowest BCUT2D eigenvalue weighted by molar-refractivity contribution is 0.0188. The van der Waals surface area contributed by atoms with Gasteiger partial charge in [-0.3, -0.25) is 0 Å². The molecule has 0 spiro atoms. The monoisotopic (exact) mass is 350 g/mol. The van der Waals surface area contributed by atoms with E-state index in [2.05, 4.69) is 20.8 Å². The van der Waals surface area contributed by atoms with Gasteiger partial charge in [0.1, 0.15) is 0 Å². The van der Waals surface area contributed by atoms with Gasteiger partial charge in [-0.2, -0.15) is 0 Å². The fraction of sp³-hybridized carbons (Fsp3) is 0.909. The smallest absolute Gasteiger partial charge is 0.0804 e. The summed E-state index contributed by atoms with van der Waals surface area (Å²) in [5.41, 5.74) is 0. The molecule has 0 saturated heterocycles. The van der Waals surface area contributed by atoms with Crippen LogP contribution in [0.25, 0.3) is 0 Å². The lowest BCUT2D eigenvalue weighted by Crippen LogP contribution is -2.46. The fourth-order valence-electron chi connectivity index (χ4n) is 5.82. The molecule has 24 heavy (non-hydrogen) atoms. The first kappa shape index (κ1) is 20.2. The van der Waals surface area contributed by atoms with Crippen molar-refractivity contribution in [3.05, 3.63) is 11.8 Å². The highest BCUT2D eigenvalue weighted by molar-refractivity contribution is 6.86. The molecule has 2 rings (SSSR count). The van der Waals surface area contributed by atoms with Gasteiger partial charge in [-0.15, -0.1) is 6.58 Å². The molecular formula is C22H42OSi. The van der Waals surface area contributed by atoms with Crippen LogP contribution in [0.15, 0.2) is 11.8 Å². The molecule has 0 aromatic heterocycles. The van der Waals surface area contributed by atoms with Crippen LogP contribution in [0.1, 0.15) is 85.0 Å². The van der Waals surface area contributed by atoms with Gasteiger partial charge in [-0.25, -0.2) is 0 Å². The van der Waals surface area contributed by atoms with Crippen molar-refractivity contribution < 1.29 is 5.11 Å². The van der Waals surface area contributed by atoms with Crippen molar-refractivity contribution in [1.29, 1.82) is 0 Å². The molecule has 2 unspecified atom stereocenters. The highest BCUT2D eigenvalue weighted by Gasteiger charge is 2.42. The third-order valence-corrected chi connectivity index (χ3v) is 13.5. The fourth-order valence-corrected chi connectivity index (χ4v) is 9.79. The van der Waals surface area contributed by atoms with Crippen LogP contribution in [0.3, 0.4) is 0 Å². The molecule has 0 amide bonds. The Morgan fingerprint density at radius 2 is 1.25 bits per heavy atom. The summed E-state index contributed by atoms with van der Waals surface area (Å²) in [6.45, 7) is 11.9. The third-order valence-electron chi connectivity index (χ3n) is 7.77. The van der Waals surface area contributed by atoms with Crippen molar-refractivity contribution in [1.82, 2.24) is 0 Å². The zero-order valence-corrected chi connectivity index (χ0v) is 17.7. The Bertz CT molecular complexity index is 367. The lowest BCUT2D eigenvalue weighted by atomic mass is 9.71. The minimum atomic E-state index is -1.45. The van der Waals surface area contributed by atoms with E-state index in [4.69, 9.17) is 6.58 Å². The van der Waals surface area contributed by atoms with E-state index in [1.54, 1.807) is 5.20 Å². The number of aliphatic hydroxyl groups is 1. The Hall–Kier alpha value is -0.0831. The largest absolute Gasteiger partial charge is 0.392 e. The van der Waals surface area contributed by atoms with Gasteiger partial charge in [0.15, 0.2) is 0 Å². The van der Waals surface area contributed by atoms with E-state index in [0.29, 0.717) is 17.8 Å². The highest BCUT2D eigenvalue weighted by Crippen LogP contribution is 2.45. The van der Waals surface area contributed by atoms with Crippen molar-refractivity contribution in [2.75, 3.05) is 0 Å². The van der Waals surface area contributed by atoms with E-state index >= 15 is 0 Å². The maximum Gasteiger partial charge on any atom is 0.0804 e. The van der Waals surface area contributed by atoms with Crippen molar-refractivity contribution in [3.63, 3.8) is 0 Å². The lowest BCUT2D eigenvalue weighted by Gasteiger charge is -2.44. The second-order valence-corrected chi connectivity index (χ2v) is 14.0. The van der Waals surface area contributed by atoms with Crippen LogP contribution in [-0.2, 0) is 0 Å². The number of rotatable bonds is 8. The van der Waals surface area contributed by atoms with Gasteiger partial charge in [-0.05, 0) is 37.5 Å². The highest BCUT2D eigenvalue weighted by atomic mass is 28.3. The molecule has 140 valence electrons. The average molecular weight is 351 g/mol. The Morgan fingerprint density at radius 3 is 1.67 bits per heavy atom. The maximum absolute atomic E-state index is 11.5. The molecule has 2 aliphatic rings. The molecule has 2 heteroatoms. The molecule has 0 aromatic rings. The van der Waals surface area contributed by atoms with Gasteiger partial charge in [0.05, 0.1) is 14.2 Å². The summed E-state index contributed by atoms with van der Waals surface area (Å²) in [5.74, 6) is 1.65. The summed E-state index contributed by atoms with van der Waals surface area (Å²) in [7, 11) is -1.45. The summed E-state index contributed by atoms with van der Waals surface area (Å²) < 4.78 is 0. The van der Waals surface area contributed by atoms with Gasteiger partial charge in [0, 0.05) is 5.92 Å². The summed E-state index contributed by atoms with van der Waals surface area (Å²) in [6, 6.07) is 3.92. The van der Waals surface area contributed by atoms with E-state index in [-0.39, 0.29) is 6.10 Å². The molecule has 1 nitrogen and oxygen atoms in total. The molecule has 0 heterocycles. The summed E-state index contributed by atoms with van der Waals surface area (Å²) in [5, 5.41) is 13.0. The Kier molecular flexibility index (Phi) is 8.07. The average Bonchev–Trinajstić information content (AvgIpc) is 2.65. The molecule has 2 fully saturated rings. The van der Waals surface area contributed by atoms with Crippen LogP contribution in [0.2, 0.25) is 18.1 Å². The van der Waals surface area contributed by atoms with E-state index in [1.807, 2.05) is 0 Å². The molecule has 1 N–H and O–H groups in total. The molecule has 0 aliphatic heterocycles. The predicted octanol–water partition coefficient (Wildman–Crippen LogP) is 6.73. The van der Waals surface area contributed by atoms with Gasteiger partial charge in [0.2, 0.25) is 0 Å². The van der Waals surface area contributed by atoms with Crippen LogP contribution in [0.5, 0.6) is 0 Å². The molecule has 2 aliphatic carbocycles. The second kappa shape index (κ2) is 9.57. The van der Waals surface area contributed by atoms with Crippen LogP contribution >= 0.6 is 0 Å². The van der Waals surface area contributed by atoms with Gasteiger partial charge in [-0.1, -0.05) is 82.6 Å². The standard InChI is InChI=1S/C22H42OSi/c1-5-24(6-2,7-3)18(4)21(19-14-10-8-11-15-19)22(23)20-16-12-9-13-17-20/h19-23H,4-17H2,1-3H3. The number of aliphatic hydroxyl groups excluding tert-OH is 1. The Morgan fingerprint density at radius 1 is 0.833 bits per heavy atom. The second-order valence-electron chi connectivity index (χ2n) is 8.68. The van der Waals surface area contributed by atoms with Crippen LogP contribution < -0.4 is 0 Å². The van der Waals surface area contributed by atoms with Gasteiger partial charge >= 0.3 is 0 Å². The zero-order chi connectivity index (χ0) is 17.6. The van der Waals surface area contributed by atoms with E-state index < -0.39 is 8.07 Å². The quantitative estimate of drug-likeness (QED) is 0.481. The molecular weight excluding hydrogens is 308 g/mol. The van der Waals surface area contributed by atoms with Crippen LogP contribution in [0, 0.1) is 17.8 Å². The Balaban J connectivity index is 2.25. The van der Waals surface area contributed by atoms with Gasteiger partial charge in [0.25, 0.3) is 0 Å². The molecule has 2 atom stereocenters. The first-order valence-corrected chi connectivity index (χ1v) is 13.6. The number of hydrogen-bond acceptors (Lipinski definition) is 1. The van der Waals surface area contributed by atoms with Crippen LogP contribution in [0.4, 0.5) is 0 Å². The summed E-state index contributed by atoms with van der Waals surface area (Å²) in [6.07, 6.45) is 13.2. The SMILES string of the molecule is C=C(C(C1CCCCC1)C(O)C1CCCCC1)[Si](CC)(CC)CC. The first-order valence-electron chi connectivity index (χ1n) is 11.0. The third kappa shape index (κ3) is 4.36. The maximum atomic E-state index is 11.5. The van der Waals surface area contributed by atoms with Crippen molar-refractivity contribution in [2.45, 2.75) is 109 Å². The first-order chi connectivity index (χ1) is 11.6. The molecule has 0 radical (unpaired) electrons. The van der Waals surface area contributed by atoms with Crippen LogP contribution in [-0.4, -0.2) is 19.3 Å². The van der Waals surface area contributed by atoms with Gasteiger partial charge < -0.3 is 5.11 Å². The van der Waals surface area contributed by atoms with E-state index in [1.165, 1.54) is 82.3 Å². The van der Waals surface area contributed by atoms with Crippen molar-refractivity contribution in [3.8, 4) is 0 Å². The minimum absolute atomic E-state index is 0.113. The predicted molar refractivity (Wildman–Crippen MR) is 109 cm³/mol. The van der Waals surface area contributed by atoms with E-state index in [9.17, 15) is 5.11 Å². The summed E-state index contributed by atoms with van der Waals surface area (Å²) in [4.78, 5) is 0. The molecule has 2 saturated carbocycles. The number of hydrogen-bond donors (Lipinski definition) is 1. The van der Waals surface area contributed by atoms with E-state index in [0.717, 1.165) is 0 Å². The molecule has 0 bridgehead atoms. The Labute approximate surface area is 152 Å². The zero-order valence-electron chi connectivity index (χ0n) is 16.7. The van der Waals surface area contributed by atoms with Crippen molar-refractivity contribution in [2.24, 2.45) is 17.8 Å². The topological polar surface area (TPSA) is 20.2 Å². The molecule has 0 aromatic carbocycles. The minimum Gasteiger partial charge on any atom is -0.392 e.